The molecule has 0 spiro atoms. The monoisotopic (exact) mass is 454 g/mol. The predicted molar refractivity (Wildman–Crippen MR) is 139 cm³/mol. The standard InChI is InChI=1S/C28H30O2Si2/c1-3-29-32(30-4-2,28-23-15-8-16-24-28)31(25-17-9-5-10-18-25,26-19-11-6-12-20-26)27-21-13-7-14-22-27/h5-24H,3-4H2,1-2H3. The molecule has 0 saturated carbocycles. The van der Waals surface area contributed by atoms with Gasteiger partial charge in [0.25, 0.3) is 0 Å². The summed E-state index contributed by atoms with van der Waals surface area (Å²) in [6.45, 7) is 5.37. The summed E-state index contributed by atoms with van der Waals surface area (Å²) in [5, 5.41) is 5.13. The van der Waals surface area contributed by atoms with Gasteiger partial charge >= 0.3 is 8.08 Å². The average Bonchev–Trinajstić information content (AvgIpc) is 2.87. The van der Waals surface area contributed by atoms with Crippen LogP contribution in [0.15, 0.2) is 121 Å². The molecule has 0 aliphatic carbocycles. The van der Waals surface area contributed by atoms with Gasteiger partial charge in [-0.1, -0.05) is 121 Å². The third-order valence-corrected chi connectivity index (χ3v) is 20.3. The van der Waals surface area contributed by atoms with E-state index in [1.54, 1.807) is 0 Å². The first-order chi connectivity index (χ1) is 15.8. The van der Waals surface area contributed by atoms with E-state index in [1.807, 2.05) is 0 Å². The van der Waals surface area contributed by atoms with Crippen LogP contribution in [0.2, 0.25) is 0 Å². The van der Waals surface area contributed by atoms with Crippen LogP contribution < -0.4 is 20.7 Å². The van der Waals surface area contributed by atoms with Gasteiger partial charge in [-0.3, -0.25) is 0 Å². The maximum Gasteiger partial charge on any atom is 0.365 e. The first-order valence-corrected chi connectivity index (χ1v) is 16.1. The molecule has 4 aromatic rings. The topological polar surface area (TPSA) is 18.5 Å². The van der Waals surface area contributed by atoms with Gasteiger partial charge in [0.2, 0.25) is 7.59 Å². The fourth-order valence-electron chi connectivity index (χ4n) is 4.84. The van der Waals surface area contributed by atoms with Crippen molar-refractivity contribution in [2.45, 2.75) is 13.8 Å². The Bertz CT molecular complexity index is 985. The number of hydrogen-bond donors (Lipinski definition) is 0. The molecule has 162 valence electrons. The summed E-state index contributed by atoms with van der Waals surface area (Å²) in [5.41, 5.74) is 0. The van der Waals surface area contributed by atoms with Gasteiger partial charge in [0.15, 0.2) is 0 Å². The Kier molecular flexibility index (Phi) is 7.17. The second-order valence-electron chi connectivity index (χ2n) is 7.70. The van der Waals surface area contributed by atoms with Crippen LogP contribution in [-0.4, -0.2) is 28.9 Å². The highest BCUT2D eigenvalue weighted by Gasteiger charge is 2.64. The van der Waals surface area contributed by atoms with Gasteiger partial charge in [0, 0.05) is 13.2 Å². The largest absolute Gasteiger partial charge is 0.393 e. The van der Waals surface area contributed by atoms with E-state index in [4.69, 9.17) is 8.85 Å². The van der Waals surface area contributed by atoms with Crippen molar-refractivity contribution in [2.24, 2.45) is 0 Å². The summed E-state index contributed by atoms with van der Waals surface area (Å²) in [6.07, 6.45) is 0. The van der Waals surface area contributed by atoms with Gasteiger partial charge in [0.05, 0.1) is 0 Å². The van der Waals surface area contributed by atoms with Gasteiger partial charge in [0.1, 0.15) is 0 Å². The highest BCUT2D eigenvalue weighted by atomic mass is 29.3. The Morgan fingerprint density at radius 3 is 1.00 bits per heavy atom. The number of hydrogen-bond acceptors (Lipinski definition) is 2. The fraction of sp³-hybridized carbons (Fsp3) is 0.143. The fourth-order valence-corrected chi connectivity index (χ4v) is 20.7. The molecule has 0 heterocycles. The second-order valence-corrected chi connectivity index (χ2v) is 17.5. The molecule has 4 rings (SSSR count). The summed E-state index contributed by atoms with van der Waals surface area (Å²) in [5.74, 6) is 0. The molecule has 0 amide bonds. The summed E-state index contributed by atoms with van der Waals surface area (Å²) in [4.78, 5) is 0. The highest BCUT2D eigenvalue weighted by molar-refractivity contribution is 7.56. The second kappa shape index (κ2) is 10.2. The molecule has 0 unspecified atom stereocenters. The SMILES string of the molecule is CCO[Si](OCC)(c1ccccc1)[Si](c1ccccc1)(c1ccccc1)c1ccccc1. The molecule has 0 atom stereocenters. The van der Waals surface area contributed by atoms with E-state index < -0.39 is 15.7 Å². The van der Waals surface area contributed by atoms with Crippen LogP contribution in [-0.2, 0) is 8.85 Å². The molecule has 2 nitrogen and oxygen atoms in total. The van der Waals surface area contributed by atoms with Gasteiger partial charge in [-0.25, -0.2) is 0 Å². The van der Waals surface area contributed by atoms with E-state index in [9.17, 15) is 0 Å². The Balaban J connectivity index is 2.21. The molecule has 4 aromatic carbocycles. The predicted octanol–water partition coefficient (Wildman–Crippen LogP) is 3.66. The van der Waals surface area contributed by atoms with Gasteiger partial charge in [-0.2, -0.15) is 0 Å². The minimum Gasteiger partial charge on any atom is -0.393 e. The molecule has 0 aromatic heterocycles. The minimum absolute atomic E-state index is 0.600. The van der Waals surface area contributed by atoms with Crippen molar-refractivity contribution in [3.05, 3.63) is 121 Å². The molecular weight excluding hydrogens is 424 g/mol. The molecule has 0 saturated heterocycles. The third kappa shape index (κ3) is 3.80. The first-order valence-electron chi connectivity index (χ1n) is 11.3. The van der Waals surface area contributed by atoms with Crippen LogP contribution in [0.5, 0.6) is 0 Å². The Morgan fingerprint density at radius 1 is 0.438 bits per heavy atom. The molecule has 0 aliphatic rings. The zero-order valence-corrected chi connectivity index (χ0v) is 20.8. The van der Waals surface area contributed by atoms with Crippen LogP contribution in [0.3, 0.4) is 0 Å². The van der Waals surface area contributed by atoms with E-state index in [0.29, 0.717) is 13.2 Å². The summed E-state index contributed by atoms with van der Waals surface area (Å²) < 4.78 is 13.9. The Morgan fingerprint density at radius 2 is 0.719 bits per heavy atom. The number of benzene rings is 4. The maximum atomic E-state index is 6.96. The number of rotatable bonds is 9. The maximum absolute atomic E-state index is 6.96. The molecule has 4 heteroatoms. The van der Waals surface area contributed by atoms with Gasteiger partial charge in [-0.05, 0) is 34.6 Å². The van der Waals surface area contributed by atoms with Crippen molar-refractivity contribution in [3.8, 4) is 0 Å². The lowest BCUT2D eigenvalue weighted by atomic mass is 10.3. The van der Waals surface area contributed by atoms with E-state index in [-0.39, 0.29) is 0 Å². The van der Waals surface area contributed by atoms with E-state index in [0.717, 1.165) is 0 Å². The Hall–Kier alpha value is -2.77. The van der Waals surface area contributed by atoms with Gasteiger partial charge in [-0.15, -0.1) is 0 Å². The summed E-state index contributed by atoms with van der Waals surface area (Å²) in [7, 11) is -5.83. The summed E-state index contributed by atoms with van der Waals surface area (Å²) >= 11 is 0. The molecule has 0 fully saturated rings. The molecule has 0 N–H and O–H groups in total. The van der Waals surface area contributed by atoms with Crippen molar-refractivity contribution >= 4 is 36.4 Å². The van der Waals surface area contributed by atoms with Crippen molar-refractivity contribution in [1.29, 1.82) is 0 Å². The van der Waals surface area contributed by atoms with Crippen molar-refractivity contribution in [1.82, 2.24) is 0 Å². The summed E-state index contributed by atoms with van der Waals surface area (Å²) in [6, 6.07) is 43.5. The molecule has 0 radical (unpaired) electrons. The molecule has 0 bridgehead atoms. The zero-order chi connectivity index (χ0) is 22.3. The van der Waals surface area contributed by atoms with Crippen LogP contribution in [0, 0.1) is 0 Å². The first kappa shape index (κ1) is 22.4. The molecule has 32 heavy (non-hydrogen) atoms. The normalized spacial score (nSPS) is 11.9. The van der Waals surface area contributed by atoms with Crippen LogP contribution in [0.25, 0.3) is 0 Å². The zero-order valence-electron chi connectivity index (χ0n) is 18.8. The van der Waals surface area contributed by atoms with E-state index in [1.165, 1.54) is 20.7 Å². The lowest BCUT2D eigenvalue weighted by molar-refractivity contribution is 0.213. The average molecular weight is 455 g/mol. The molecule has 0 aliphatic heterocycles. The van der Waals surface area contributed by atoms with Crippen LogP contribution in [0.1, 0.15) is 13.8 Å². The quantitative estimate of drug-likeness (QED) is 0.284. The van der Waals surface area contributed by atoms with E-state index in [2.05, 4.69) is 135 Å². The van der Waals surface area contributed by atoms with Crippen molar-refractivity contribution in [3.63, 3.8) is 0 Å². The molecular formula is C28H30O2Si2. The lowest BCUT2D eigenvalue weighted by Gasteiger charge is -2.46. The smallest absolute Gasteiger partial charge is 0.365 e. The van der Waals surface area contributed by atoms with Crippen molar-refractivity contribution in [2.75, 3.05) is 13.2 Å². The van der Waals surface area contributed by atoms with Crippen molar-refractivity contribution < 1.29 is 8.85 Å². The van der Waals surface area contributed by atoms with Crippen LogP contribution >= 0.6 is 0 Å². The third-order valence-electron chi connectivity index (χ3n) is 5.96. The minimum atomic E-state index is -3.03. The van der Waals surface area contributed by atoms with E-state index >= 15 is 0 Å². The van der Waals surface area contributed by atoms with Crippen LogP contribution in [0.4, 0.5) is 0 Å². The van der Waals surface area contributed by atoms with Gasteiger partial charge < -0.3 is 8.85 Å². The highest BCUT2D eigenvalue weighted by Crippen LogP contribution is 2.24. The Labute approximate surface area is 193 Å². The lowest BCUT2D eigenvalue weighted by Crippen LogP contribution is -2.88.